The van der Waals surface area contributed by atoms with E-state index in [4.69, 9.17) is 17.2 Å². The third-order valence-corrected chi connectivity index (χ3v) is 2.88. The summed E-state index contributed by atoms with van der Waals surface area (Å²) in [4.78, 5) is 1.89. The Morgan fingerprint density at radius 2 is 1.95 bits per heavy atom. The summed E-state index contributed by atoms with van der Waals surface area (Å²) in [6.07, 6.45) is 4.28. The molecule has 0 fully saturated rings. The molecule has 0 atom stereocenters. The highest BCUT2D eigenvalue weighted by molar-refractivity contribution is 5.69. The number of rotatable bonds is 6. The average Bonchev–Trinajstić information content (AvgIpc) is 2.42. The van der Waals surface area contributed by atoms with Gasteiger partial charge in [-0.25, -0.2) is 0 Å². The Kier molecular flexibility index (Phi) is 5.53. The molecule has 1 aromatic rings. The predicted molar refractivity (Wildman–Crippen MR) is 83.1 cm³/mol. The van der Waals surface area contributed by atoms with Crippen molar-refractivity contribution in [2.75, 3.05) is 13.6 Å². The van der Waals surface area contributed by atoms with Crippen molar-refractivity contribution in [3.05, 3.63) is 60.1 Å². The van der Waals surface area contributed by atoms with Gasteiger partial charge < -0.3 is 27.2 Å². The molecule has 20 heavy (non-hydrogen) atoms. The third-order valence-electron chi connectivity index (χ3n) is 2.88. The summed E-state index contributed by atoms with van der Waals surface area (Å²) < 4.78 is 0. The van der Waals surface area contributed by atoms with E-state index in [1.165, 1.54) is 0 Å². The molecule has 0 saturated carbocycles. The van der Waals surface area contributed by atoms with Gasteiger partial charge in [-0.15, -0.1) is 6.58 Å². The second-order valence-corrected chi connectivity index (χ2v) is 4.46. The minimum absolute atomic E-state index is 0.116. The van der Waals surface area contributed by atoms with E-state index >= 15 is 0 Å². The molecule has 0 bridgehead atoms. The van der Waals surface area contributed by atoms with Crippen molar-refractivity contribution < 1.29 is 5.11 Å². The van der Waals surface area contributed by atoms with Crippen LogP contribution in [0.15, 0.2) is 54.5 Å². The Balaban J connectivity index is 3.07. The molecule has 0 saturated heterocycles. The van der Waals surface area contributed by atoms with E-state index in [2.05, 4.69) is 6.58 Å². The number of hydrogen-bond acceptors (Lipinski definition) is 5. The van der Waals surface area contributed by atoms with Crippen molar-refractivity contribution in [1.29, 1.82) is 0 Å². The van der Waals surface area contributed by atoms with Gasteiger partial charge in [0.2, 0.25) is 0 Å². The van der Waals surface area contributed by atoms with E-state index in [1.807, 2.05) is 18.0 Å². The molecule has 0 aliphatic rings. The maximum Gasteiger partial charge on any atom is 0.124 e. The van der Waals surface area contributed by atoms with Crippen molar-refractivity contribution in [2.24, 2.45) is 17.2 Å². The number of phenolic OH excluding ortho intramolecular Hbond substituents is 1. The van der Waals surface area contributed by atoms with Crippen LogP contribution in [0.2, 0.25) is 0 Å². The molecule has 1 rings (SSSR count). The number of likely N-dealkylation sites (N-methyl/N-ethyl adjacent to an activating group) is 1. The topological polar surface area (TPSA) is 102 Å². The van der Waals surface area contributed by atoms with E-state index in [-0.39, 0.29) is 11.6 Å². The number of phenols is 1. The zero-order chi connectivity index (χ0) is 15.1. The van der Waals surface area contributed by atoms with Gasteiger partial charge in [-0.05, 0) is 24.6 Å². The molecule has 0 radical (unpaired) electrons. The van der Waals surface area contributed by atoms with Crippen LogP contribution in [0.3, 0.4) is 0 Å². The fourth-order valence-corrected chi connectivity index (χ4v) is 1.76. The van der Waals surface area contributed by atoms with Gasteiger partial charge in [0.25, 0.3) is 0 Å². The number of nitrogens with zero attached hydrogens (tertiary/aromatic N) is 1. The quantitative estimate of drug-likeness (QED) is 0.462. The van der Waals surface area contributed by atoms with Gasteiger partial charge in [0.1, 0.15) is 11.6 Å². The van der Waals surface area contributed by atoms with Crippen LogP contribution in [0, 0.1) is 0 Å². The Hall–Kier alpha value is -2.56. The Morgan fingerprint density at radius 1 is 1.30 bits per heavy atom. The monoisotopic (exact) mass is 274 g/mol. The lowest BCUT2D eigenvalue weighted by atomic mass is 10.1. The predicted octanol–water partition coefficient (Wildman–Crippen LogP) is 1.29. The summed E-state index contributed by atoms with van der Waals surface area (Å²) >= 11 is 0. The number of nitrogens with two attached hydrogens (primary N) is 3. The molecule has 7 N–H and O–H groups in total. The van der Waals surface area contributed by atoms with Crippen LogP contribution in [-0.2, 0) is 0 Å². The minimum atomic E-state index is 0.116. The second kappa shape index (κ2) is 7.13. The normalized spacial score (nSPS) is 10.9. The lowest BCUT2D eigenvalue weighted by Gasteiger charge is -2.21. The van der Waals surface area contributed by atoms with E-state index in [0.29, 0.717) is 17.0 Å². The van der Waals surface area contributed by atoms with Crippen LogP contribution >= 0.6 is 0 Å². The number of aromatic hydroxyl groups is 1. The molecule has 0 heterocycles. The smallest absolute Gasteiger partial charge is 0.124 e. The number of allylic oxidation sites excluding steroid dienone is 1. The molecule has 0 amide bonds. The lowest BCUT2D eigenvalue weighted by Crippen LogP contribution is -2.25. The summed E-state index contributed by atoms with van der Waals surface area (Å²) in [7, 11) is 1.87. The van der Waals surface area contributed by atoms with E-state index in [0.717, 1.165) is 13.0 Å². The molecule has 0 aliphatic heterocycles. The van der Waals surface area contributed by atoms with Gasteiger partial charge in [-0.1, -0.05) is 18.2 Å². The van der Waals surface area contributed by atoms with Crippen LogP contribution < -0.4 is 17.2 Å². The fourth-order valence-electron chi connectivity index (χ4n) is 1.76. The molecular weight excluding hydrogens is 252 g/mol. The summed E-state index contributed by atoms with van der Waals surface area (Å²) in [5.74, 6) is 0.292. The Labute approximate surface area is 119 Å². The van der Waals surface area contributed by atoms with Crippen molar-refractivity contribution in [1.82, 2.24) is 4.90 Å². The van der Waals surface area contributed by atoms with Crippen molar-refractivity contribution in [3.63, 3.8) is 0 Å². The second-order valence-electron chi connectivity index (χ2n) is 4.46. The minimum Gasteiger partial charge on any atom is -0.507 e. The SMILES string of the molecule is C=CCCN(C)C(/C=C(\N)c1ccccc1O)=C(N)N. The van der Waals surface area contributed by atoms with Crippen LogP contribution in [0.25, 0.3) is 5.70 Å². The maximum atomic E-state index is 9.79. The van der Waals surface area contributed by atoms with Crippen molar-refractivity contribution >= 4 is 5.70 Å². The van der Waals surface area contributed by atoms with Crippen LogP contribution in [-0.4, -0.2) is 23.6 Å². The largest absolute Gasteiger partial charge is 0.507 e. The summed E-state index contributed by atoms with van der Waals surface area (Å²) in [6, 6.07) is 6.84. The van der Waals surface area contributed by atoms with Crippen LogP contribution in [0.5, 0.6) is 5.75 Å². The first-order valence-electron chi connectivity index (χ1n) is 6.30. The summed E-state index contributed by atoms with van der Waals surface area (Å²) in [5, 5.41) is 9.79. The number of benzene rings is 1. The van der Waals surface area contributed by atoms with Gasteiger partial charge in [0, 0.05) is 24.9 Å². The third kappa shape index (κ3) is 3.98. The molecular formula is C15H22N4O. The first kappa shape index (κ1) is 15.5. The summed E-state index contributed by atoms with van der Waals surface area (Å²) in [5.41, 5.74) is 19.0. The summed E-state index contributed by atoms with van der Waals surface area (Å²) in [6.45, 7) is 4.40. The number of para-hydroxylation sites is 1. The van der Waals surface area contributed by atoms with Crippen LogP contribution in [0.4, 0.5) is 0 Å². The van der Waals surface area contributed by atoms with Crippen molar-refractivity contribution in [3.8, 4) is 5.75 Å². The Morgan fingerprint density at radius 3 is 2.50 bits per heavy atom. The lowest BCUT2D eigenvalue weighted by molar-refractivity contribution is 0.433. The van der Waals surface area contributed by atoms with Gasteiger partial charge in [-0.2, -0.15) is 0 Å². The van der Waals surface area contributed by atoms with E-state index < -0.39 is 0 Å². The maximum absolute atomic E-state index is 9.79. The molecule has 5 heteroatoms. The van der Waals surface area contributed by atoms with Gasteiger partial charge in [0.15, 0.2) is 0 Å². The first-order chi connectivity index (χ1) is 9.47. The van der Waals surface area contributed by atoms with Gasteiger partial charge >= 0.3 is 0 Å². The molecule has 0 aromatic heterocycles. The van der Waals surface area contributed by atoms with Crippen LogP contribution in [0.1, 0.15) is 12.0 Å². The highest BCUT2D eigenvalue weighted by atomic mass is 16.3. The van der Waals surface area contributed by atoms with Crippen molar-refractivity contribution in [2.45, 2.75) is 6.42 Å². The standard InChI is InChI=1S/C15H22N4O/c1-3-4-9-19(2)13(15(17)18)10-12(16)11-7-5-6-8-14(11)20/h3,5-8,10,20H,1,4,9,16-18H2,2H3/b12-10-. The van der Waals surface area contributed by atoms with E-state index in [1.54, 1.807) is 30.3 Å². The molecule has 0 unspecified atom stereocenters. The Bertz CT molecular complexity index is 530. The van der Waals surface area contributed by atoms with Gasteiger partial charge in [-0.3, -0.25) is 0 Å². The highest BCUT2D eigenvalue weighted by Gasteiger charge is 2.08. The van der Waals surface area contributed by atoms with Gasteiger partial charge in [0.05, 0.1) is 5.70 Å². The highest BCUT2D eigenvalue weighted by Crippen LogP contribution is 2.22. The molecule has 0 spiro atoms. The van der Waals surface area contributed by atoms with E-state index in [9.17, 15) is 5.11 Å². The average molecular weight is 274 g/mol. The molecule has 5 nitrogen and oxygen atoms in total. The fraction of sp³-hybridized carbons (Fsp3) is 0.200. The first-order valence-corrected chi connectivity index (χ1v) is 6.30. The molecule has 108 valence electrons. The zero-order valence-electron chi connectivity index (χ0n) is 11.7. The zero-order valence-corrected chi connectivity index (χ0v) is 11.7. The molecule has 1 aromatic carbocycles. The number of hydrogen-bond donors (Lipinski definition) is 4. The molecule has 0 aliphatic carbocycles.